The second kappa shape index (κ2) is 7.86. The van der Waals surface area contributed by atoms with Gasteiger partial charge in [-0.15, -0.1) is 0 Å². The normalized spacial score (nSPS) is 13.8. The third kappa shape index (κ3) is 3.95. The van der Waals surface area contributed by atoms with Gasteiger partial charge in [0.15, 0.2) is 11.5 Å². The Bertz CT molecular complexity index is 809. The van der Waals surface area contributed by atoms with Crippen molar-refractivity contribution in [3.63, 3.8) is 0 Å². The van der Waals surface area contributed by atoms with Crippen LogP contribution >= 0.6 is 0 Å². The van der Waals surface area contributed by atoms with E-state index in [2.05, 4.69) is 0 Å². The van der Waals surface area contributed by atoms with Crippen LogP contribution in [0.5, 0.6) is 11.5 Å². The Morgan fingerprint density at radius 3 is 2.52 bits per heavy atom. The molecule has 2 N–H and O–H groups in total. The number of benzene rings is 2. The lowest BCUT2D eigenvalue weighted by molar-refractivity contribution is 0.166. The van der Waals surface area contributed by atoms with E-state index in [4.69, 9.17) is 15.2 Å². The van der Waals surface area contributed by atoms with Crippen LogP contribution in [0, 0.1) is 0 Å². The Balaban J connectivity index is 1.96. The lowest BCUT2D eigenvalue weighted by Gasteiger charge is -2.26. The molecule has 0 spiro atoms. The molecule has 0 saturated heterocycles. The van der Waals surface area contributed by atoms with E-state index in [-0.39, 0.29) is 11.4 Å². The summed E-state index contributed by atoms with van der Waals surface area (Å²) >= 11 is 0. The summed E-state index contributed by atoms with van der Waals surface area (Å²) in [6, 6.07) is 14.5. The Hall–Kier alpha value is -2.09. The molecule has 1 aliphatic heterocycles. The minimum atomic E-state index is -3.74. The molecule has 0 amide bonds. The summed E-state index contributed by atoms with van der Waals surface area (Å²) in [5.41, 5.74) is 6.52. The van der Waals surface area contributed by atoms with E-state index >= 15 is 0 Å². The highest BCUT2D eigenvalue weighted by Gasteiger charge is 2.30. The number of nitrogens with zero attached hydrogens (tertiary/aromatic N) is 1. The average molecular weight is 362 g/mol. The summed E-state index contributed by atoms with van der Waals surface area (Å²) in [6.45, 7) is 1.80. The summed E-state index contributed by atoms with van der Waals surface area (Å²) < 4.78 is 39.1. The fourth-order valence-electron chi connectivity index (χ4n) is 2.73. The van der Waals surface area contributed by atoms with Gasteiger partial charge in [-0.1, -0.05) is 36.4 Å². The number of ether oxygens (including phenoxy) is 2. The van der Waals surface area contributed by atoms with E-state index in [1.807, 2.05) is 30.3 Å². The monoisotopic (exact) mass is 362 g/mol. The molecule has 0 bridgehead atoms. The van der Waals surface area contributed by atoms with Crippen molar-refractivity contribution in [2.24, 2.45) is 5.73 Å². The zero-order chi connectivity index (χ0) is 17.7. The molecule has 0 aliphatic carbocycles. The SMILES string of the molecule is NCCCN(Cc1ccccc1)S(=O)(=O)c1cccc2c1OCCO2. The molecule has 134 valence electrons. The van der Waals surface area contributed by atoms with Crippen molar-refractivity contribution in [3.8, 4) is 11.5 Å². The summed E-state index contributed by atoms with van der Waals surface area (Å²) in [5, 5.41) is 0. The topological polar surface area (TPSA) is 81.9 Å². The smallest absolute Gasteiger partial charge is 0.247 e. The minimum Gasteiger partial charge on any atom is -0.486 e. The molecular weight excluding hydrogens is 340 g/mol. The summed E-state index contributed by atoms with van der Waals surface area (Å²) in [6.07, 6.45) is 0.582. The largest absolute Gasteiger partial charge is 0.486 e. The van der Waals surface area contributed by atoms with Crippen LogP contribution in [0.3, 0.4) is 0 Å². The predicted molar refractivity (Wildman–Crippen MR) is 95.1 cm³/mol. The highest BCUT2D eigenvalue weighted by molar-refractivity contribution is 7.89. The van der Waals surface area contributed by atoms with E-state index in [1.165, 1.54) is 4.31 Å². The van der Waals surface area contributed by atoms with Gasteiger partial charge in [0.25, 0.3) is 0 Å². The van der Waals surface area contributed by atoms with Crippen LogP contribution in [0.25, 0.3) is 0 Å². The molecule has 25 heavy (non-hydrogen) atoms. The van der Waals surface area contributed by atoms with Crippen LogP contribution in [0.2, 0.25) is 0 Å². The molecule has 3 rings (SSSR count). The second-order valence-electron chi connectivity index (χ2n) is 5.75. The molecule has 0 fully saturated rings. The van der Waals surface area contributed by atoms with Crippen LogP contribution in [0.15, 0.2) is 53.4 Å². The van der Waals surface area contributed by atoms with Crippen molar-refractivity contribution in [2.75, 3.05) is 26.3 Å². The third-order valence-electron chi connectivity index (χ3n) is 3.96. The highest BCUT2D eigenvalue weighted by atomic mass is 32.2. The average Bonchev–Trinajstić information content (AvgIpc) is 2.65. The number of nitrogens with two attached hydrogens (primary N) is 1. The van der Waals surface area contributed by atoms with Gasteiger partial charge < -0.3 is 15.2 Å². The van der Waals surface area contributed by atoms with Crippen molar-refractivity contribution < 1.29 is 17.9 Å². The van der Waals surface area contributed by atoms with Gasteiger partial charge in [0.05, 0.1) is 0 Å². The molecular formula is C18H22N2O4S. The van der Waals surface area contributed by atoms with Crippen LogP contribution in [-0.2, 0) is 16.6 Å². The first kappa shape index (κ1) is 17.7. The van der Waals surface area contributed by atoms with Gasteiger partial charge in [-0.05, 0) is 30.7 Å². The number of fused-ring (bicyclic) bond motifs is 1. The van der Waals surface area contributed by atoms with Crippen molar-refractivity contribution in [2.45, 2.75) is 17.9 Å². The van der Waals surface area contributed by atoms with Gasteiger partial charge in [0, 0.05) is 13.1 Å². The van der Waals surface area contributed by atoms with Gasteiger partial charge in [-0.3, -0.25) is 0 Å². The first-order chi connectivity index (χ1) is 12.1. The number of rotatable bonds is 7. The molecule has 2 aromatic rings. The van der Waals surface area contributed by atoms with Crippen LogP contribution in [0.1, 0.15) is 12.0 Å². The van der Waals surface area contributed by atoms with Gasteiger partial charge in [-0.25, -0.2) is 8.42 Å². The highest BCUT2D eigenvalue weighted by Crippen LogP contribution is 2.38. The molecule has 6 nitrogen and oxygen atoms in total. The van der Waals surface area contributed by atoms with Crippen molar-refractivity contribution in [3.05, 3.63) is 54.1 Å². The standard InChI is InChI=1S/C18H22N2O4S/c19-10-5-11-20(14-15-6-2-1-3-7-15)25(21,22)17-9-4-8-16-18(17)24-13-12-23-16/h1-4,6-9H,5,10-14,19H2. The summed E-state index contributed by atoms with van der Waals surface area (Å²) in [7, 11) is -3.74. The predicted octanol–water partition coefficient (Wildman–Crippen LogP) is 2.00. The van der Waals surface area contributed by atoms with Crippen molar-refractivity contribution in [1.82, 2.24) is 4.31 Å². The first-order valence-electron chi connectivity index (χ1n) is 8.25. The summed E-state index contributed by atoms with van der Waals surface area (Å²) in [4.78, 5) is 0.137. The molecule has 0 radical (unpaired) electrons. The maximum absolute atomic E-state index is 13.3. The summed E-state index contributed by atoms with van der Waals surface area (Å²) in [5.74, 6) is 0.755. The maximum atomic E-state index is 13.3. The quantitative estimate of drug-likeness (QED) is 0.815. The maximum Gasteiger partial charge on any atom is 0.247 e. The van der Waals surface area contributed by atoms with Crippen molar-refractivity contribution >= 4 is 10.0 Å². The lowest BCUT2D eigenvalue weighted by atomic mass is 10.2. The minimum absolute atomic E-state index is 0.137. The first-order valence-corrected chi connectivity index (χ1v) is 9.69. The molecule has 0 unspecified atom stereocenters. The Morgan fingerprint density at radius 1 is 1.00 bits per heavy atom. The molecule has 0 atom stereocenters. The number of sulfonamides is 1. The van der Waals surface area contributed by atoms with E-state index in [1.54, 1.807) is 18.2 Å². The lowest BCUT2D eigenvalue weighted by Crippen LogP contribution is -2.33. The number of para-hydroxylation sites is 1. The molecule has 0 aromatic heterocycles. The number of hydrogen-bond donors (Lipinski definition) is 1. The van der Waals surface area contributed by atoms with Gasteiger partial charge in [-0.2, -0.15) is 4.31 Å². The van der Waals surface area contributed by atoms with Crippen molar-refractivity contribution in [1.29, 1.82) is 0 Å². The molecule has 2 aromatic carbocycles. The molecule has 1 heterocycles. The van der Waals surface area contributed by atoms with Crippen LogP contribution in [0.4, 0.5) is 0 Å². The second-order valence-corrected chi connectivity index (χ2v) is 7.65. The Labute approximate surface area is 148 Å². The Kier molecular flexibility index (Phi) is 5.57. The van der Waals surface area contributed by atoms with E-state index < -0.39 is 10.0 Å². The molecule has 1 aliphatic rings. The van der Waals surface area contributed by atoms with E-state index in [0.717, 1.165) is 5.56 Å². The van der Waals surface area contributed by atoms with Gasteiger partial charge >= 0.3 is 0 Å². The zero-order valence-electron chi connectivity index (χ0n) is 13.9. The zero-order valence-corrected chi connectivity index (χ0v) is 14.7. The van der Waals surface area contributed by atoms with Gasteiger partial charge in [0.2, 0.25) is 10.0 Å². The molecule has 0 saturated carbocycles. The third-order valence-corrected chi connectivity index (χ3v) is 5.83. The van der Waals surface area contributed by atoms with E-state index in [0.29, 0.717) is 44.2 Å². The number of hydrogen-bond acceptors (Lipinski definition) is 5. The van der Waals surface area contributed by atoms with Gasteiger partial charge in [0.1, 0.15) is 18.1 Å². The van der Waals surface area contributed by atoms with Crippen LogP contribution < -0.4 is 15.2 Å². The van der Waals surface area contributed by atoms with E-state index in [9.17, 15) is 8.42 Å². The fourth-order valence-corrected chi connectivity index (χ4v) is 4.34. The Morgan fingerprint density at radius 2 is 1.76 bits per heavy atom. The fraction of sp³-hybridized carbons (Fsp3) is 0.333. The van der Waals surface area contributed by atoms with Crippen LogP contribution in [-0.4, -0.2) is 39.0 Å². The molecule has 7 heteroatoms.